The lowest BCUT2D eigenvalue weighted by Gasteiger charge is -2.26. The molecule has 3 N–H and O–H groups in total. The van der Waals surface area contributed by atoms with E-state index in [-0.39, 0.29) is 23.6 Å². The maximum Gasteiger partial charge on any atom is 0.274 e. The van der Waals surface area contributed by atoms with Gasteiger partial charge in [0.2, 0.25) is 0 Å². The van der Waals surface area contributed by atoms with Gasteiger partial charge in [-0.25, -0.2) is 9.50 Å². The number of hydrogen-bond acceptors (Lipinski definition) is 5. The molecule has 0 unspecified atom stereocenters. The summed E-state index contributed by atoms with van der Waals surface area (Å²) in [5.41, 5.74) is 3.29. The summed E-state index contributed by atoms with van der Waals surface area (Å²) in [5, 5.41) is 17.1. The van der Waals surface area contributed by atoms with Crippen molar-refractivity contribution in [3.05, 3.63) is 54.4 Å². The zero-order valence-electron chi connectivity index (χ0n) is 17.3. The number of hydrogen-bond donors (Lipinski definition) is 3. The summed E-state index contributed by atoms with van der Waals surface area (Å²) in [5.74, 6) is -0.530. The Morgan fingerprint density at radius 2 is 1.97 bits per heavy atom. The number of aromatic amines is 1. The first kappa shape index (κ1) is 18.8. The van der Waals surface area contributed by atoms with Crippen LogP contribution >= 0.6 is 0 Å². The fraction of sp³-hybridized carbons (Fsp3) is 0.318. The van der Waals surface area contributed by atoms with Crippen molar-refractivity contribution < 1.29 is 9.59 Å². The first-order chi connectivity index (χ1) is 15.7. The number of rotatable bonds is 6. The molecule has 0 bridgehead atoms. The van der Waals surface area contributed by atoms with Crippen LogP contribution in [0.3, 0.4) is 0 Å². The first-order valence-electron chi connectivity index (χ1n) is 10.8. The minimum Gasteiger partial charge on any atom is -0.349 e. The molecule has 10 nitrogen and oxygen atoms in total. The molecule has 4 aromatic rings. The Morgan fingerprint density at radius 1 is 1.09 bits per heavy atom. The van der Waals surface area contributed by atoms with Gasteiger partial charge in [-0.15, -0.1) is 0 Å². The zero-order valence-corrected chi connectivity index (χ0v) is 17.3. The third-order valence-electron chi connectivity index (χ3n) is 6.14. The topological polar surface area (TPSA) is 122 Å². The number of fused-ring (bicyclic) bond motifs is 1. The summed E-state index contributed by atoms with van der Waals surface area (Å²) in [6, 6.07) is 4.05. The molecule has 4 heterocycles. The molecule has 2 saturated carbocycles. The normalized spacial score (nSPS) is 16.1. The molecule has 6 rings (SSSR count). The molecule has 32 heavy (non-hydrogen) atoms. The van der Waals surface area contributed by atoms with Crippen LogP contribution in [0.4, 0.5) is 5.69 Å². The Labute approximate surface area is 183 Å². The van der Waals surface area contributed by atoms with Crippen molar-refractivity contribution in [1.82, 2.24) is 34.7 Å². The molecule has 2 aliphatic carbocycles. The highest BCUT2D eigenvalue weighted by molar-refractivity contribution is 6.08. The fourth-order valence-electron chi connectivity index (χ4n) is 3.92. The summed E-state index contributed by atoms with van der Waals surface area (Å²) in [7, 11) is 0. The lowest BCUT2D eigenvalue weighted by Crippen LogP contribution is -2.26. The highest BCUT2D eigenvalue weighted by Crippen LogP contribution is 2.34. The summed E-state index contributed by atoms with van der Waals surface area (Å²) < 4.78 is 3.65. The average Bonchev–Trinajstić information content (AvgIpc) is 3.14. The van der Waals surface area contributed by atoms with E-state index in [1.54, 1.807) is 29.2 Å². The second-order valence-electron chi connectivity index (χ2n) is 8.43. The van der Waals surface area contributed by atoms with Gasteiger partial charge in [0.25, 0.3) is 11.8 Å². The van der Waals surface area contributed by atoms with Crippen LogP contribution in [0.1, 0.15) is 59.0 Å². The number of nitrogens with zero attached hydrogens (tertiary/aromatic N) is 5. The highest BCUT2D eigenvalue weighted by atomic mass is 16.2. The van der Waals surface area contributed by atoms with Crippen molar-refractivity contribution in [2.24, 2.45) is 0 Å². The van der Waals surface area contributed by atoms with E-state index in [1.807, 2.05) is 23.0 Å². The van der Waals surface area contributed by atoms with Crippen LogP contribution < -0.4 is 10.6 Å². The van der Waals surface area contributed by atoms with Crippen LogP contribution in [0.2, 0.25) is 0 Å². The van der Waals surface area contributed by atoms with E-state index in [9.17, 15) is 9.59 Å². The molecule has 0 spiro atoms. The number of nitrogens with one attached hydrogen (secondary N) is 3. The Morgan fingerprint density at radius 3 is 2.69 bits per heavy atom. The third-order valence-corrected chi connectivity index (χ3v) is 6.14. The SMILES string of the molecule is O=C(Nc1cn(C2CCC2)cc1C(=O)NC1CC1)c1ccn2ncc(-c3ccn[nH]3)c2n1. The average molecular weight is 430 g/mol. The van der Waals surface area contributed by atoms with E-state index in [2.05, 4.69) is 30.9 Å². The fourth-order valence-corrected chi connectivity index (χ4v) is 3.92. The van der Waals surface area contributed by atoms with Gasteiger partial charge in [0.1, 0.15) is 5.69 Å². The van der Waals surface area contributed by atoms with Gasteiger partial charge in [-0.2, -0.15) is 10.2 Å². The smallest absolute Gasteiger partial charge is 0.274 e. The second kappa shape index (κ2) is 7.33. The summed E-state index contributed by atoms with van der Waals surface area (Å²) in [6.07, 6.45) is 14.1. The zero-order chi connectivity index (χ0) is 21.7. The number of amides is 2. The van der Waals surface area contributed by atoms with Crippen LogP contribution in [-0.4, -0.2) is 47.2 Å². The van der Waals surface area contributed by atoms with Gasteiger partial charge in [-0.1, -0.05) is 0 Å². The van der Waals surface area contributed by atoms with Gasteiger partial charge in [-0.05, 0) is 44.2 Å². The standard InChI is InChI=1S/C22H22N8O2/c31-21(25-13-4-5-13)16-11-29(14-2-1-3-14)12-19(16)27-22(32)18-7-9-30-20(26-18)15(10-24-30)17-6-8-23-28-17/h6-14H,1-5H2,(H,23,28)(H,25,31)(H,27,32). The lowest BCUT2D eigenvalue weighted by molar-refractivity contribution is 0.0951. The van der Waals surface area contributed by atoms with Crippen molar-refractivity contribution in [3.8, 4) is 11.3 Å². The van der Waals surface area contributed by atoms with Crippen LogP contribution in [0.25, 0.3) is 16.9 Å². The third kappa shape index (κ3) is 3.33. The molecule has 0 atom stereocenters. The molecule has 10 heteroatoms. The van der Waals surface area contributed by atoms with E-state index < -0.39 is 0 Å². The maximum atomic E-state index is 13.1. The Hall–Kier alpha value is -3.95. The molecule has 2 aliphatic rings. The monoisotopic (exact) mass is 430 g/mol. The number of aromatic nitrogens is 6. The Bertz CT molecular complexity index is 1310. The second-order valence-corrected chi connectivity index (χ2v) is 8.43. The summed E-state index contributed by atoms with van der Waals surface area (Å²) >= 11 is 0. The first-order valence-corrected chi connectivity index (χ1v) is 10.8. The molecule has 0 saturated heterocycles. The molecule has 0 radical (unpaired) electrons. The Kier molecular flexibility index (Phi) is 4.30. The highest BCUT2D eigenvalue weighted by Gasteiger charge is 2.28. The van der Waals surface area contributed by atoms with E-state index in [0.717, 1.165) is 36.9 Å². The number of anilines is 1. The van der Waals surface area contributed by atoms with Gasteiger partial charge < -0.3 is 15.2 Å². The molecular formula is C22H22N8O2. The quantitative estimate of drug-likeness (QED) is 0.434. The van der Waals surface area contributed by atoms with Crippen molar-refractivity contribution >= 4 is 23.1 Å². The van der Waals surface area contributed by atoms with Crippen molar-refractivity contribution in [2.75, 3.05) is 5.32 Å². The molecule has 2 fully saturated rings. The van der Waals surface area contributed by atoms with Crippen molar-refractivity contribution in [3.63, 3.8) is 0 Å². The molecule has 0 aliphatic heterocycles. The maximum absolute atomic E-state index is 13.1. The minimum atomic E-state index is -0.379. The van der Waals surface area contributed by atoms with Gasteiger partial charge in [-0.3, -0.25) is 14.7 Å². The molecular weight excluding hydrogens is 408 g/mol. The van der Waals surface area contributed by atoms with Gasteiger partial charge >= 0.3 is 0 Å². The predicted molar refractivity (Wildman–Crippen MR) is 116 cm³/mol. The van der Waals surface area contributed by atoms with E-state index in [0.29, 0.717) is 22.9 Å². The number of carbonyl (C=O) groups excluding carboxylic acids is 2. The van der Waals surface area contributed by atoms with Crippen LogP contribution in [-0.2, 0) is 0 Å². The van der Waals surface area contributed by atoms with Gasteiger partial charge in [0, 0.05) is 36.9 Å². The summed E-state index contributed by atoms with van der Waals surface area (Å²) in [6.45, 7) is 0. The molecule has 4 aromatic heterocycles. The van der Waals surface area contributed by atoms with Crippen LogP contribution in [0, 0.1) is 0 Å². The summed E-state index contributed by atoms with van der Waals surface area (Å²) in [4.78, 5) is 30.4. The van der Waals surface area contributed by atoms with E-state index in [4.69, 9.17) is 0 Å². The largest absolute Gasteiger partial charge is 0.349 e. The van der Waals surface area contributed by atoms with Crippen LogP contribution in [0.15, 0.2) is 43.1 Å². The molecule has 2 amide bonds. The van der Waals surface area contributed by atoms with Crippen molar-refractivity contribution in [2.45, 2.75) is 44.2 Å². The predicted octanol–water partition coefficient (Wildman–Crippen LogP) is 2.79. The van der Waals surface area contributed by atoms with Crippen LogP contribution in [0.5, 0.6) is 0 Å². The lowest BCUT2D eigenvalue weighted by atomic mass is 9.93. The van der Waals surface area contributed by atoms with E-state index in [1.165, 1.54) is 6.42 Å². The van der Waals surface area contributed by atoms with Crippen molar-refractivity contribution in [1.29, 1.82) is 0 Å². The Balaban J connectivity index is 1.30. The van der Waals surface area contributed by atoms with Gasteiger partial charge in [0.05, 0.1) is 28.7 Å². The molecule has 0 aromatic carbocycles. The number of carbonyl (C=O) groups is 2. The van der Waals surface area contributed by atoms with E-state index >= 15 is 0 Å². The number of H-pyrrole nitrogens is 1. The minimum absolute atomic E-state index is 0.151. The molecule has 162 valence electrons. The van der Waals surface area contributed by atoms with Gasteiger partial charge in [0.15, 0.2) is 5.65 Å².